The van der Waals surface area contributed by atoms with E-state index in [2.05, 4.69) is 29.8 Å². The lowest BCUT2D eigenvalue weighted by atomic mass is 10.7. The molecule has 0 spiro atoms. The van der Waals surface area contributed by atoms with Gasteiger partial charge < -0.3 is 0 Å². The first kappa shape index (κ1) is 5.79. The molecule has 0 aliphatic carbocycles. The summed E-state index contributed by atoms with van der Waals surface area (Å²) in [6.45, 7) is 3.70. The van der Waals surface area contributed by atoms with E-state index in [-0.39, 0.29) is 9.52 Å². The highest BCUT2D eigenvalue weighted by molar-refractivity contribution is 7.20. The smallest absolute Gasteiger partial charge is 0.0903 e. The predicted molar refractivity (Wildman–Crippen MR) is 42.7 cm³/mol. The van der Waals surface area contributed by atoms with Gasteiger partial charge in [-0.2, -0.15) is 11.3 Å². The van der Waals surface area contributed by atoms with E-state index in [1.807, 2.05) is 11.3 Å². The van der Waals surface area contributed by atoms with Crippen LogP contribution in [-0.4, -0.2) is 9.52 Å². The van der Waals surface area contributed by atoms with Crippen molar-refractivity contribution in [3.63, 3.8) is 0 Å². The SMILES string of the molecule is C=C[SiH2]c1cccs1. The lowest BCUT2D eigenvalue weighted by Gasteiger charge is -1.80. The van der Waals surface area contributed by atoms with Crippen molar-refractivity contribution >= 4 is 25.4 Å². The maximum atomic E-state index is 3.70. The molecule has 1 aromatic rings. The number of hydrogen-bond acceptors (Lipinski definition) is 1. The minimum absolute atomic E-state index is 0.0764. The van der Waals surface area contributed by atoms with Crippen molar-refractivity contribution in [1.82, 2.24) is 0 Å². The van der Waals surface area contributed by atoms with Gasteiger partial charge in [-0.1, -0.05) is 12.1 Å². The largest absolute Gasteiger partial charge is 0.154 e. The Morgan fingerprint density at radius 3 is 3.12 bits per heavy atom. The summed E-state index contributed by atoms with van der Waals surface area (Å²) in [4.78, 5) is 0. The van der Waals surface area contributed by atoms with Crippen molar-refractivity contribution in [2.75, 3.05) is 0 Å². The van der Waals surface area contributed by atoms with Crippen LogP contribution in [0.2, 0.25) is 0 Å². The Labute approximate surface area is 55.7 Å². The first-order valence-corrected chi connectivity index (χ1v) is 4.97. The van der Waals surface area contributed by atoms with Gasteiger partial charge >= 0.3 is 0 Å². The first-order valence-electron chi connectivity index (χ1n) is 2.57. The molecule has 0 aliphatic heterocycles. The molecule has 8 heavy (non-hydrogen) atoms. The molecular weight excluding hydrogens is 132 g/mol. The van der Waals surface area contributed by atoms with Crippen LogP contribution in [-0.2, 0) is 0 Å². The average molecular weight is 140 g/mol. The summed E-state index contributed by atoms with van der Waals surface area (Å²) in [6.07, 6.45) is 0. The summed E-state index contributed by atoms with van der Waals surface area (Å²) < 4.78 is 1.53. The van der Waals surface area contributed by atoms with Crippen LogP contribution in [0.15, 0.2) is 29.8 Å². The van der Waals surface area contributed by atoms with Gasteiger partial charge in [-0.3, -0.25) is 0 Å². The van der Waals surface area contributed by atoms with E-state index in [4.69, 9.17) is 0 Å². The number of rotatable bonds is 2. The van der Waals surface area contributed by atoms with Gasteiger partial charge in [0.2, 0.25) is 0 Å². The van der Waals surface area contributed by atoms with E-state index < -0.39 is 0 Å². The second-order valence-electron chi connectivity index (χ2n) is 1.57. The van der Waals surface area contributed by atoms with Crippen molar-refractivity contribution in [3.8, 4) is 0 Å². The second-order valence-corrected chi connectivity index (χ2v) is 4.86. The highest BCUT2D eigenvalue weighted by Gasteiger charge is 1.85. The van der Waals surface area contributed by atoms with Gasteiger partial charge in [0, 0.05) is 0 Å². The van der Waals surface area contributed by atoms with Gasteiger partial charge in [0.05, 0.1) is 9.52 Å². The Balaban J connectivity index is 2.62. The van der Waals surface area contributed by atoms with E-state index >= 15 is 0 Å². The highest BCUT2D eigenvalue weighted by atomic mass is 32.1. The van der Waals surface area contributed by atoms with Crippen molar-refractivity contribution in [2.45, 2.75) is 0 Å². The van der Waals surface area contributed by atoms with Crippen LogP contribution < -0.4 is 4.50 Å². The van der Waals surface area contributed by atoms with Crippen molar-refractivity contribution < 1.29 is 0 Å². The van der Waals surface area contributed by atoms with Gasteiger partial charge in [-0.25, -0.2) is 0 Å². The Kier molecular flexibility index (Phi) is 2.06. The van der Waals surface area contributed by atoms with E-state index in [1.165, 1.54) is 4.50 Å². The standard InChI is InChI=1S/C6H8SSi/c1-2-8-6-4-3-5-7-6/h2-5H,1,8H2. The van der Waals surface area contributed by atoms with E-state index in [0.717, 1.165) is 0 Å². The molecule has 0 fully saturated rings. The number of hydrogen-bond donors (Lipinski definition) is 0. The molecule has 0 saturated carbocycles. The lowest BCUT2D eigenvalue weighted by Crippen LogP contribution is -2.03. The summed E-state index contributed by atoms with van der Waals surface area (Å²) in [7, 11) is -0.0764. The fourth-order valence-corrected chi connectivity index (χ4v) is 2.64. The molecule has 42 valence electrons. The summed E-state index contributed by atoms with van der Waals surface area (Å²) in [5, 5.41) is 2.12. The van der Waals surface area contributed by atoms with Crippen LogP contribution in [0, 0.1) is 0 Å². The summed E-state index contributed by atoms with van der Waals surface area (Å²) >= 11 is 1.84. The minimum Gasteiger partial charge on any atom is -0.154 e. The molecule has 0 bridgehead atoms. The molecular formula is C6H8SSi. The second kappa shape index (κ2) is 2.84. The summed E-state index contributed by atoms with van der Waals surface area (Å²) in [5.41, 5.74) is 2.06. The Morgan fingerprint density at radius 2 is 2.62 bits per heavy atom. The third-order valence-electron chi connectivity index (χ3n) is 0.926. The minimum atomic E-state index is -0.0764. The van der Waals surface area contributed by atoms with E-state index in [0.29, 0.717) is 0 Å². The first-order chi connectivity index (χ1) is 3.93. The van der Waals surface area contributed by atoms with Crippen LogP contribution in [0.25, 0.3) is 0 Å². The Hall–Kier alpha value is -0.343. The van der Waals surface area contributed by atoms with E-state index in [9.17, 15) is 0 Å². The fourth-order valence-electron chi connectivity index (χ4n) is 0.571. The third kappa shape index (κ3) is 1.32. The molecule has 1 heterocycles. The average Bonchev–Trinajstić information content (AvgIpc) is 2.19. The third-order valence-corrected chi connectivity index (χ3v) is 3.58. The van der Waals surface area contributed by atoms with Crippen LogP contribution in [0.4, 0.5) is 0 Å². The molecule has 1 aromatic heterocycles. The van der Waals surface area contributed by atoms with Crippen molar-refractivity contribution in [3.05, 3.63) is 29.8 Å². The van der Waals surface area contributed by atoms with Crippen molar-refractivity contribution in [2.24, 2.45) is 0 Å². The van der Waals surface area contributed by atoms with Gasteiger partial charge in [-0.05, 0) is 9.88 Å². The zero-order valence-electron chi connectivity index (χ0n) is 4.63. The molecule has 0 saturated heterocycles. The zero-order chi connectivity index (χ0) is 5.82. The monoisotopic (exact) mass is 140 g/mol. The van der Waals surface area contributed by atoms with Gasteiger partial charge in [0.25, 0.3) is 0 Å². The fraction of sp³-hybridized carbons (Fsp3) is 0. The predicted octanol–water partition coefficient (Wildman–Crippen LogP) is 0.686. The highest BCUT2D eigenvalue weighted by Crippen LogP contribution is 1.90. The topological polar surface area (TPSA) is 0 Å². The van der Waals surface area contributed by atoms with Crippen LogP contribution >= 0.6 is 11.3 Å². The normalized spacial score (nSPS) is 10.5. The van der Waals surface area contributed by atoms with E-state index in [1.54, 1.807) is 0 Å². The Morgan fingerprint density at radius 1 is 1.75 bits per heavy atom. The molecule has 0 amide bonds. The van der Waals surface area contributed by atoms with Crippen LogP contribution in [0.1, 0.15) is 0 Å². The molecule has 2 heteroatoms. The molecule has 0 unspecified atom stereocenters. The molecule has 0 radical (unpaired) electrons. The zero-order valence-corrected chi connectivity index (χ0v) is 6.86. The van der Waals surface area contributed by atoms with Gasteiger partial charge in [-0.15, -0.1) is 12.3 Å². The van der Waals surface area contributed by atoms with Crippen LogP contribution in [0.5, 0.6) is 0 Å². The van der Waals surface area contributed by atoms with Crippen molar-refractivity contribution in [1.29, 1.82) is 0 Å². The molecule has 1 rings (SSSR count). The van der Waals surface area contributed by atoms with Crippen LogP contribution in [0.3, 0.4) is 0 Å². The maximum absolute atomic E-state index is 3.70. The molecule has 0 N–H and O–H groups in total. The molecule has 0 atom stereocenters. The van der Waals surface area contributed by atoms with Gasteiger partial charge in [0.1, 0.15) is 0 Å². The quantitative estimate of drug-likeness (QED) is 0.530. The Bertz CT molecular complexity index is 155. The summed E-state index contributed by atoms with van der Waals surface area (Å²) in [6, 6.07) is 4.27. The maximum Gasteiger partial charge on any atom is 0.0903 e. The number of thiophene rings is 1. The van der Waals surface area contributed by atoms with Gasteiger partial charge in [0.15, 0.2) is 0 Å². The lowest BCUT2D eigenvalue weighted by molar-refractivity contribution is 2.06. The molecule has 0 nitrogen and oxygen atoms in total. The molecule has 0 aromatic carbocycles. The summed E-state index contributed by atoms with van der Waals surface area (Å²) in [5.74, 6) is 0. The molecule has 0 aliphatic rings.